The molecule has 0 spiro atoms. The number of halogens is 2. The molecule has 2 N–H and O–H groups in total. The Morgan fingerprint density at radius 1 is 1.25 bits per heavy atom. The van der Waals surface area contributed by atoms with E-state index in [0.717, 1.165) is 6.42 Å². The first-order valence-electron chi connectivity index (χ1n) is 7.50. The summed E-state index contributed by atoms with van der Waals surface area (Å²) in [6.45, 7) is 3.56. The molecule has 1 aromatic carbocycles. The molecule has 0 unspecified atom stereocenters. The maximum absolute atomic E-state index is 11.7. The third kappa shape index (κ3) is 7.19. The lowest BCUT2D eigenvalue weighted by molar-refractivity contribution is -0.148. The molecule has 0 aromatic heterocycles. The van der Waals surface area contributed by atoms with Gasteiger partial charge in [-0.05, 0) is 31.0 Å². The van der Waals surface area contributed by atoms with Crippen LogP contribution in [0.3, 0.4) is 0 Å². The highest BCUT2D eigenvalue weighted by atomic mass is 35.5. The monoisotopic (exact) mass is 374 g/mol. The van der Waals surface area contributed by atoms with E-state index in [1.165, 1.54) is 6.07 Å². The third-order valence-electron chi connectivity index (χ3n) is 3.03. The summed E-state index contributed by atoms with van der Waals surface area (Å²) in [4.78, 5) is 35.1. The Hall–Kier alpha value is -1.79. The minimum absolute atomic E-state index is 0.0736. The minimum atomic E-state index is -0.700. The number of esters is 1. The van der Waals surface area contributed by atoms with E-state index < -0.39 is 24.5 Å². The van der Waals surface area contributed by atoms with Crippen molar-refractivity contribution in [2.75, 3.05) is 13.2 Å². The number of amides is 2. The van der Waals surface area contributed by atoms with E-state index >= 15 is 0 Å². The molecule has 132 valence electrons. The first-order chi connectivity index (χ1) is 11.3. The van der Waals surface area contributed by atoms with E-state index in [2.05, 4.69) is 10.6 Å². The highest BCUT2D eigenvalue weighted by Gasteiger charge is 2.16. The SMILES string of the molecule is CCCNC(=O)[C@@H](C)NC(=O)COC(=O)Cc1ccc(Cl)cc1Cl. The van der Waals surface area contributed by atoms with Gasteiger partial charge in [-0.1, -0.05) is 36.2 Å². The number of rotatable bonds is 8. The summed E-state index contributed by atoms with van der Waals surface area (Å²) in [6.07, 6.45) is 0.729. The smallest absolute Gasteiger partial charge is 0.310 e. The topological polar surface area (TPSA) is 84.5 Å². The number of nitrogens with one attached hydrogen (secondary N) is 2. The lowest BCUT2D eigenvalue weighted by atomic mass is 10.1. The predicted octanol–water partition coefficient (Wildman–Crippen LogP) is 2.11. The molecule has 1 rings (SSSR count). The van der Waals surface area contributed by atoms with Crippen LogP contribution in [0.2, 0.25) is 10.0 Å². The van der Waals surface area contributed by atoms with E-state index in [-0.39, 0.29) is 12.3 Å². The molecule has 0 radical (unpaired) electrons. The fourth-order valence-corrected chi connectivity index (χ4v) is 2.24. The molecule has 0 saturated carbocycles. The average molecular weight is 375 g/mol. The van der Waals surface area contributed by atoms with Crippen molar-refractivity contribution in [2.24, 2.45) is 0 Å². The van der Waals surface area contributed by atoms with Crippen molar-refractivity contribution in [3.8, 4) is 0 Å². The van der Waals surface area contributed by atoms with Gasteiger partial charge in [0, 0.05) is 16.6 Å². The molecule has 24 heavy (non-hydrogen) atoms. The van der Waals surface area contributed by atoms with E-state index in [9.17, 15) is 14.4 Å². The van der Waals surface area contributed by atoms with Gasteiger partial charge in [0.2, 0.25) is 5.91 Å². The molecule has 2 amide bonds. The maximum atomic E-state index is 11.7. The van der Waals surface area contributed by atoms with Crippen LogP contribution >= 0.6 is 23.2 Å². The fourth-order valence-electron chi connectivity index (χ4n) is 1.77. The molecule has 6 nitrogen and oxygen atoms in total. The zero-order valence-corrected chi connectivity index (χ0v) is 15.0. The van der Waals surface area contributed by atoms with Gasteiger partial charge in [0.1, 0.15) is 6.04 Å². The first-order valence-corrected chi connectivity index (χ1v) is 8.25. The van der Waals surface area contributed by atoms with Gasteiger partial charge in [-0.25, -0.2) is 0 Å². The van der Waals surface area contributed by atoms with Crippen LogP contribution < -0.4 is 10.6 Å². The van der Waals surface area contributed by atoms with Gasteiger partial charge in [0.15, 0.2) is 6.61 Å². The third-order valence-corrected chi connectivity index (χ3v) is 3.62. The second-order valence-electron chi connectivity index (χ2n) is 5.15. The van der Waals surface area contributed by atoms with Crippen molar-refractivity contribution < 1.29 is 19.1 Å². The Kier molecular flexibility index (Phi) is 8.57. The number of carbonyl (C=O) groups is 3. The van der Waals surface area contributed by atoms with Gasteiger partial charge in [-0.2, -0.15) is 0 Å². The molecule has 1 aromatic rings. The number of carbonyl (C=O) groups excluding carboxylic acids is 3. The van der Waals surface area contributed by atoms with Crippen molar-refractivity contribution in [1.82, 2.24) is 10.6 Å². The van der Waals surface area contributed by atoms with Crippen molar-refractivity contribution >= 4 is 41.0 Å². The van der Waals surface area contributed by atoms with E-state index in [1.54, 1.807) is 19.1 Å². The second kappa shape index (κ2) is 10.2. The largest absolute Gasteiger partial charge is 0.455 e. The van der Waals surface area contributed by atoms with E-state index in [0.29, 0.717) is 22.2 Å². The molecule has 8 heteroatoms. The van der Waals surface area contributed by atoms with Crippen molar-refractivity contribution in [3.63, 3.8) is 0 Å². The number of hydrogen-bond acceptors (Lipinski definition) is 4. The average Bonchev–Trinajstić information content (AvgIpc) is 2.53. The second-order valence-corrected chi connectivity index (χ2v) is 6.00. The normalized spacial score (nSPS) is 11.5. The Bertz CT molecular complexity index is 608. The summed E-state index contributed by atoms with van der Waals surface area (Å²) < 4.78 is 4.88. The fraction of sp³-hybridized carbons (Fsp3) is 0.438. The van der Waals surface area contributed by atoms with Crippen LogP contribution in [-0.4, -0.2) is 37.0 Å². The number of hydrogen-bond donors (Lipinski definition) is 2. The lowest BCUT2D eigenvalue weighted by Gasteiger charge is -2.14. The van der Waals surface area contributed by atoms with Crippen molar-refractivity contribution in [2.45, 2.75) is 32.7 Å². The van der Waals surface area contributed by atoms with Crippen molar-refractivity contribution in [3.05, 3.63) is 33.8 Å². The molecule has 0 aliphatic rings. The Labute approximate surface area is 150 Å². The van der Waals surface area contributed by atoms with Crippen LogP contribution in [0.1, 0.15) is 25.8 Å². The van der Waals surface area contributed by atoms with Gasteiger partial charge in [0.25, 0.3) is 5.91 Å². The van der Waals surface area contributed by atoms with E-state index in [4.69, 9.17) is 27.9 Å². The van der Waals surface area contributed by atoms with Gasteiger partial charge in [-0.15, -0.1) is 0 Å². The van der Waals surface area contributed by atoms with Crippen molar-refractivity contribution in [1.29, 1.82) is 0 Å². The van der Waals surface area contributed by atoms with Crippen LogP contribution in [0.15, 0.2) is 18.2 Å². The lowest BCUT2D eigenvalue weighted by Crippen LogP contribution is -2.46. The Balaban J connectivity index is 2.38. The summed E-state index contributed by atoms with van der Waals surface area (Å²) in [7, 11) is 0. The zero-order chi connectivity index (χ0) is 18.1. The quantitative estimate of drug-likeness (QED) is 0.682. The zero-order valence-electron chi connectivity index (χ0n) is 13.5. The van der Waals surface area contributed by atoms with Crippen LogP contribution in [0.4, 0.5) is 0 Å². The first kappa shape index (κ1) is 20.3. The molecule has 0 heterocycles. The van der Waals surface area contributed by atoms with Crippen LogP contribution in [0, 0.1) is 0 Å². The molecule has 0 aliphatic carbocycles. The maximum Gasteiger partial charge on any atom is 0.310 e. The molecule has 0 saturated heterocycles. The minimum Gasteiger partial charge on any atom is -0.455 e. The molecule has 0 fully saturated rings. The van der Waals surface area contributed by atoms with E-state index in [1.807, 2.05) is 6.92 Å². The summed E-state index contributed by atoms with van der Waals surface area (Å²) >= 11 is 11.7. The highest BCUT2D eigenvalue weighted by molar-refractivity contribution is 6.35. The predicted molar refractivity (Wildman–Crippen MR) is 92.0 cm³/mol. The van der Waals surface area contributed by atoms with Gasteiger partial charge in [0.05, 0.1) is 6.42 Å². The van der Waals surface area contributed by atoms with Crippen LogP contribution in [0.5, 0.6) is 0 Å². The molecular formula is C16H20Cl2N2O4. The van der Waals surface area contributed by atoms with Gasteiger partial charge < -0.3 is 15.4 Å². The molecule has 0 aliphatic heterocycles. The van der Waals surface area contributed by atoms with Crippen LogP contribution in [0.25, 0.3) is 0 Å². The summed E-state index contributed by atoms with van der Waals surface area (Å²) in [5.74, 6) is -1.44. The van der Waals surface area contributed by atoms with Gasteiger partial charge in [-0.3, -0.25) is 14.4 Å². The number of benzene rings is 1. The Morgan fingerprint density at radius 2 is 1.96 bits per heavy atom. The summed E-state index contributed by atoms with van der Waals surface area (Å²) in [5, 5.41) is 5.93. The molecule has 0 bridgehead atoms. The molecular weight excluding hydrogens is 355 g/mol. The van der Waals surface area contributed by atoms with Crippen LogP contribution in [-0.2, 0) is 25.5 Å². The standard InChI is InChI=1S/C16H20Cl2N2O4/c1-3-6-19-16(23)10(2)20-14(21)9-24-15(22)7-11-4-5-12(17)8-13(11)18/h4-5,8,10H,3,6-7,9H2,1-2H3,(H,19,23)(H,20,21)/t10-/m1/s1. The Morgan fingerprint density at radius 3 is 2.58 bits per heavy atom. The highest BCUT2D eigenvalue weighted by Crippen LogP contribution is 2.21. The van der Waals surface area contributed by atoms with Gasteiger partial charge >= 0.3 is 5.97 Å². The summed E-state index contributed by atoms with van der Waals surface area (Å²) in [6, 6.07) is 4.05. The summed E-state index contributed by atoms with van der Waals surface area (Å²) in [5.41, 5.74) is 0.554. The molecule has 1 atom stereocenters. The number of ether oxygens (including phenoxy) is 1.